The van der Waals surface area contributed by atoms with Crippen LogP contribution in [-0.4, -0.2) is 25.1 Å². The lowest BCUT2D eigenvalue weighted by molar-refractivity contribution is 0.0946. The van der Waals surface area contributed by atoms with Crippen LogP contribution in [0.25, 0.3) is 0 Å². The molecule has 1 aliphatic carbocycles. The summed E-state index contributed by atoms with van der Waals surface area (Å²) in [7, 11) is 0. The molecule has 0 bridgehead atoms. The van der Waals surface area contributed by atoms with E-state index in [4.69, 9.17) is 10.5 Å². The fraction of sp³-hybridized carbons (Fsp3) is 0.417. The first-order valence-electron chi connectivity index (χ1n) is 5.64. The molecule has 1 fully saturated rings. The number of benzene rings is 1. The number of nitrogens with one attached hydrogen (secondary N) is 1. The van der Waals surface area contributed by atoms with E-state index in [1.807, 2.05) is 0 Å². The highest BCUT2D eigenvalue weighted by atomic mass is 35.5. The lowest BCUT2D eigenvalue weighted by Crippen LogP contribution is -2.26. The molecule has 0 saturated heterocycles. The van der Waals surface area contributed by atoms with Crippen LogP contribution in [0.5, 0.6) is 5.75 Å². The number of hydrogen-bond acceptors (Lipinski definition) is 3. The number of ether oxygens (including phenoxy) is 1. The highest BCUT2D eigenvalue weighted by Crippen LogP contribution is 2.23. The smallest absolute Gasteiger partial charge is 0.255 e. The Morgan fingerprint density at radius 3 is 2.83 bits per heavy atom. The van der Waals surface area contributed by atoms with Crippen LogP contribution in [-0.2, 0) is 0 Å². The van der Waals surface area contributed by atoms with E-state index >= 15 is 0 Å². The molecule has 4 nitrogen and oxygen atoms in total. The second-order valence-corrected chi connectivity index (χ2v) is 4.03. The van der Waals surface area contributed by atoms with E-state index < -0.39 is 5.82 Å². The molecule has 100 valence electrons. The van der Waals surface area contributed by atoms with Crippen LogP contribution in [0.15, 0.2) is 18.2 Å². The average Bonchev–Trinajstić information content (AvgIpc) is 3.11. The zero-order valence-electron chi connectivity index (χ0n) is 9.82. The summed E-state index contributed by atoms with van der Waals surface area (Å²) in [6.07, 6.45) is 1.97. The number of halogens is 2. The Bertz CT molecular complexity index is 425. The van der Waals surface area contributed by atoms with Gasteiger partial charge >= 0.3 is 0 Å². The first kappa shape index (κ1) is 14.7. The molecule has 2 rings (SSSR count). The van der Waals surface area contributed by atoms with E-state index in [2.05, 4.69) is 5.32 Å². The Balaban J connectivity index is 0.00000162. The maximum Gasteiger partial charge on any atom is 0.255 e. The van der Waals surface area contributed by atoms with Crippen molar-refractivity contribution in [3.63, 3.8) is 0 Å². The molecule has 6 heteroatoms. The van der Waals surface area contributed by atoms with Gasteiger partial charge in [0.05, 0.1) is 5.56 Å². The Hall–Kier alpha value is -1.33. The van der Waals surface area contributed by atoms with Crippen molar-refractivity contribution >= 4 is 18.3 Å². The second-order valence-electron chi connectivity index (χ2n) is 4.03. The Morgan fingerprint density at radius 1 is 1.50 bits per heavy atom. The van der Waals surface area contributed by atoms with Crippen molar-refractivity contribution in [2.75, 3.05) is 13.2 Å². The topological polar surface area (TPSA) is 64.3 Å². The molecule has 1 amide bonds. The first-order valence-corrected chi connectivity index (χ1v) is 5.64. The van der Waals surface area contributed by atoms with Crippen LogP contribution in [0.1, 0.15) is 23.2 Å². The minimum Gasteiger partial charge on any atom is -0.491 e. The quantitative estimate of drug-likeness (QED) is 0.855. The minimum absolute atomic E-state index is 0. The molecule has 1 saturated carbocycles. The van der Waals surface area contributed by atoms with Gasteiger partial charge in [-0.15, -0.1) is 12.4 Å². The highest BCUT2D eigenvalue weighted by molar-refractivity contribution is 5.97. The van der Waals surface area contributed by atoms with Crippen LogP contribution < -0.4 is 15.8 Å². The molecule has 0 spiro atoms. The van der Waals surface area contributed by atoms with E-state index in [0.717, 1.165) is 12.8 Å². The predicted octanol–water partition coefficient (Wildman–Crippen LogP) is 1.48. The van der Waals surface area contributed by atoms with Crippen molar-refractivity contribution in [2.24, 2.45) is 5.73 Å². The average molecular weight is 275 g/mol. The number of amides is 1. The standard InChI is InChI=1S/C12H15FN2O2.ClH/c13-8-1-4-11(17-6-5-14)10(7-8)12(16)15-9-2-3-9;/h1,4,7,9H,2-3,5-6,14H2,(H,15,16);1H. The van der Waals surface area contributed by atoms with E-state index in [9.17, 15) is 9.18 Å². The van der Waals surface area contributed by atoms with Crippen LogP contribution >= 0.6 is 12.4 Å². The third kappa shape index (κ3) is 3.85. The maximum absolute atomic E-state index is 13.1. The van der Waals surface area contributed by atoms with E-state index in [1.54, 1.807) is 0 Å². The molecular formula is C12H16ClFN2O2. The summed E-state index contributed by atoms with van der Waals surface area (Å²) in [5.41, 5.74) is 5.55. The third-order valence-electron chi connectivity index (χ3n) is 2.47. The van der Waals surface area contributed by atoms with Crippen molar-refractivity contribution in [1.82, 2.24) is 5.32 Å². The Morgan fingerprint density at radius 2 is 2.22 bits per heavy atom. The zero-order chi connectivity index (χ0) is 12.3. The number of nitrogens with two attached hydrogens (primary N) is 1. The lowest BCUT2D eigenvalue weighted by atomic mass is 10.2. The number of rotatable bonds is 5. The molecule has 0 heterocycles. The van der Waals surface area contributed by atoms with Crippen LogP contribution in [0.4, 0.5) is 4.39 Å². The molecule has 0 aromatic heterocycles. The van der Waals surface area contributed by atoms with Gasteiger partial charge in [0.2, 0.25) is 0 Å². The van der Waals surface area contributed by atoms with Gasteiger partial charge in [0.25, 0.3) is 5.91 Å². The Kier molecular flexibility index (Phi) is 5.37. The van der Waals surface area contributed by atoms with Gasteiger partial charge in [-0.05, 0) is 31.0 Å². The van der Waals surface area contributed by atoms with Gasteiger partial charge in [-0.2, -0.15) is 0 Å². The summed E-state index contributed by atoms with van der Waals surface area (Å²) >= 11 is 0. The lowest BCUT2D eigenvalue weighted by Gasteiger charge is -2.10. The summed E-state index contributed by atoms with van der Waals surface area (Å²) in [5, 5.41) is 2.80. The van der Waals surface area contributed by atoms with E-state index in [-0.39, 0.29) is 29.9 Å². The minimum atomic E-state index is -0.453. The zero-order valence-corrected chi connectivity index (χ0v) is 10.6. The van der Waals surface area contributed by atoms with Crippen molar-refractivity contribution in [1.29, 1.82) is 0 Å². The molecule has 1 aromatic rings. The first-order chi connectivity index (χ1) is 8.20. The van der Waals surface area contributed by atoms with E-state index in [1.165, 1.54) is 18.2 Å². The van der Waals surface area contributed by atoms with Gasteiger partial charge in [0, 0.05) is 12.6 Å². The third-order valence-corrected chi connectivity index (χ3v) is 2.47. The molecular weight excluding hydrogens is 259 g/mol. The normalized spacial score (nSPS) is 13.7. The van der Waals surface area contributed by atoms with Crippen molar-refractivity contribution in [3.05, 3.63) is 29.6 Å². The molecule has 0 unspecified atom stereocenters. The largest absolute Gasteiger partial charge is 0.491 e. The maximum atomic E-state index is 13.1. The molecule has 0 atom stereocenters. The molecule has 1 aromatic carbocycles. The van der Waals surface area contributed by atoms with Crippen molar-refractivity contribution in [2.45, 2.75) is 18.9 Å². The SMILES string of the molecule is Cl.NCCOc1ccc(F)cc1C(=O)NC1CC1. The summed E-state index contributed by atoms with van der Waals surface area (Å²) in [6, 6.07) is 4.13. The fourth-order valence-corrected chi connectivity index (χ4v) is 1.47. The summed E-state index contributed by atoms with van der Waals surface area (Å²) in [6.45, 7) is 0.649. The number of carbonyl (C=O) groups excluding carboxylic acids is 1. The van der Waals surface area contributed by atoms with Gasteiger partial charge in [-0.1, -0.05) is 0 Å². The van der Waals surface area contributed by atoms with Gasteiger partial charge in [-0.3, -0.25) is 4.79 Å². The summed E-state index contributed by atoms with van der Waals surface area (Å²) in [4.78, 5) is 11.8. The van der Waals surface area contributed by atoms with Crippen LogP contribution in [0, 0.1) is 5.82 Å². The van der Waals surface area contributed by atoms with E-state index in [0.29, 0.717) is 18.9 Å². The van der Waals surface area contributed by atoms with Crippen molar-refractivity contribution < 1.29 is 13.9 Å². The van der Waals surface area contributed by atoms with Gasteiger partial charge in [-0.25, -0.2) is 4.39 Å². The second kappa shape index (κ2) is 6.56. The fourth-order valence-electron chi connectivity index (χ4n) is 1.47. The van der Waals surface area contributed by atoms with Gasteiger partial charge < -0.3 is 15.8 Å². The number of carbonyl (C=O) groups is 1. The Labute approximate surface area is 111 Å². The van der Waals surface area contributed by atoms with Gasteiger partial charge in [0.15, 0.2) is 0 Å². The van der Waals surface area contributed by atoms with Gasteiger partial charge in [0.1, 0.15) is 18.2 Å². The summed E-state index contributed by atoms with van der Waals surface area (Å²) in [5.74, 6) is -0.375. The number of hydrogen-bond donors (Lipinski definition) is 2. The van der Waals surface area contributed by atoms with Crippen LogP contribution in [0.3, 0.4) is 0 Å². The molecule has 0 radical (unpaired) electrons. The van der Waals surface area contributed by atoms with Crippen molar-refractivity contribution in [3.8, 4) is 5.75 Å². The molecule has 0 aliphatic heterocycles. The highest BCUT2D eigenvalue weighted by Gasteiger charge is 2.25. The molecule has 3 N–H and O–H groups in total. The monoisotopic (exact) mass is 274 g/mol. The van der Waals surface area contributed by atoms with Crippen LogP contribution in [0.2, 0.25) is 0 Å². The predicted molar refractivity (Wildman–Crippen MR) is 68.7 cm³/mol. The molecule has 1 aliphatic rings. The molecule has 18 heavy (non-hydrogen) atoms. The summed E-state index contributed by atoms with van der Waals surface area (Å²) < 4.78 is 18.4.